The first-order chi connectivity index (χ1) is 19.1. The summed E-state index contributed by atoms with van der Waals surface area (Å²) in [4.78, 5) is 19.8. The van der Waals surface area contributed by atoms with Crippen molar-refractivity contribution in [3.8, 4) is 16.3 Å². The number of carbonyl (C=O) groups is 1. The van der Waals surface area contributed by atoms with Crippen LogP contribution in [0.3, 0.4) is 0 Å². The van der Waals surface area contributed by atoms with Crippen LogP contribution >= 0.6 is 11.3 Å². The van der Waals surface area contributed by atoms with Gasteiger partial charge in [0.1, 0.15) is 5.75 Å². The number of hydrogen-bond acceptors (Lipinski definition) is 6. The van der Waals surface area contributed by atoms with Crippen molar-refractivity contribution in [1.29, 1.82) is 0 Å². The molecule has 212 valence electrons. The summed E-state index contributed by atoms with van der Waals surface area (Å²) in [6.07, 6.45) is 5.33. The predicted octanol–water partition coefficient (Wildman–Crippen LogP) is 7.94. The van der Waals surface area contributed by atoms with Gasteiger partial charge in [0.2, 0.25) is 10.0 Å². The number of fused-ring (bicyclic) bond motifs is 2. The Hall–Kier alpha value is -2.97. The van der Waals surface area contributed by atoms with E-state index in [9.17, 15) is 13.2 Å². The Morgan fingerprint density at radius 3 is 2.45 bits per heavy atom. The second kappa shape index (κ2) is 11.5. The lowest BCUT2D eigenvalue weighted by Crippen LogP contribution is -2.33. The van der Waals surface area contributed by atoms with Crippen molar-refractivity contribution in [1.82, 2.24) is 9.71 Å². The van der Waals surface area contributed by atoms with Crippen LogP contribution in [0.4, 0.5) is 0 Å². The van der Waals surface area contributed by atoms with E-state index in [2.05, 4.69) is 44.5 Å². The van der Waals surface area contributed by atoms with Gasteiger partial charge in [0.15, 0.2) is 0 Å². The Labute approximate surface area is 241 Å². The third kappa shape index (κ3) is 5.61. The molecule has 1 saturated carbocycles. The number of thiophene rings is 1. The van der Waals surface area contributed by atoms with Crippen LogP contribution in [0.15, 0.2) is 42.5 Å². The third-order valence-corrected chi connectivity index (χ3v) is 11.1. The molecular formula is C32H38N2O4S2. The van der Waals surface area contributed by atoms with Gasteiger partial charge in [-0.2, -0.15) is 0 Å². The van der Waals surface area contributed by atoms with Gasteiger partial charge in [0.25, 0.3) is 5.91 Å². The molecule has 40 heavy (non-hydrogen) atoms. The van der Waals surface area contributed by atoms with E-state index in [0.717, 1.165) is 51.8 Å². The minimum Gasteiger partial charge on any atom is -0.490 e. The van der Waals surface area contributed by atoms with Gasteiger partial charge in [-0.3, -0.25) is 4.79 Å². The molecule has 0 radical (unpaired) electrons. The molecule has 0 spiro atoms. The smallest absolute Gasteiger partial charge is 0.265 e. The van der Waals surface area contributed by atoms with E-state index in [0.29, 0.717) is 41.1 Å². The fourth-order valence-electron chi connectivity index (χ4n) is 5.55. The second-order valence-corrected chi connectivity index (χ2v) is 14.1. The lowest BCUT2D eigenvalue weighted by atomic mass is 9.93. The Balaban J connectivity index is 1.68. The maximum atomic E-state index is 13.8. The second-order valence-electron chi connectivity index (χ2n) is 11.0. The van der Waals surface area contributed by atoms with Crippen LogP contribution in [-0.2, 0) is 10.0 Å². The quantitative estimate of drug-likeness (QED) is 0.195. The van der Waals surface area contributed by atoms with Gasteiger partial charge in [-0.25, -0.2) is 18.1 Å². The normalized spacial score (nSPS) is 14.7. The number of rotatable bonds is 11. The van der Waals surface area contributed by atoms with Crippen LogP contribution in [0.25, 0.3) is 31.6 Å². The summed E-state index contributed by atoms with van der Waals surface area (Å²) in [6, 6.07) is 13.8. The average molecular weight is 579 g/mol. The summed E-state index contributed by atoms with van der Waals surface area (Å²) >= 11 is 1.63. The van der Waals surface area contributed by atoms with E-state index in [-0.39, 0.29) is 11.7 Å². The summed E-state index contributed by atoms with van der Waals surface area (Å²) in [5, 5.41) is 1.20. The molecule has 2 aromatic heterocycles. The monoisotopic (exact) mass is 578 g/mol. The molecule has 8 heteroatoms. The van der Waals surface area contributed by atoms with E-state index in [4.69, 9.17) is 9.72 Å². The Bertz CT molecular complexity index is 1670. The fourth-order valence-corrected chi connectivity index (χ4v) is 8.01. The highest BCUT2D eigenvalue weighted by Crippen LogP contribution is 2.41. The van der Waals surface area contributed by atoms with Gasteiger partial charge >= 0.3 is 0 Å². The Morgan fingerprint density at radius 2 is 1.80 bits per heavy atom. The molecule has 2 aromatic carbocycles. The van der Waals surface area contributed by atoms with Crippen molar-refractivity contribution in [2.45, 2.75) is 84.5 Å². The van der Waals surface area contributed by atoms with E-state index in [1.54, 1.807) is 17.4 Å². The summed E-state index contributed by atoms with van der Waals surface area (Å²) in [5.74, 6) is 0.305. The largest absolute Gasteiger partial charge is 0.490 e. The number of amides is 1. The number of hydrogen-bond donors (Lipinski definition) is 1. The molecule has 2 heterocycles. The fraction of sp³-hybridized carbons (Fsp3) is 0.438. The highest BCUT2D eigenvalue weighted by atomic mass is 32.2. The zero-order chi connectivity index (χ0) is 28.6. The van der Waals surface area contributed by atoms with Crippen molar-refractivity contribution >= 4 is 48.3 Å². The molecule has 1 aliphatic carbocycles. The molecule has 0 unspecified atom stereocenters. The number of sulfonamides is 1. The molecule has 1 aliphatic rings. The van der Waals surface area contributed by atoms with Crippen LogP contribution < -0.4 is 9.46 Å². The maximum absolute atomic E-state index is 13.8. The first kappa shape index (κ1) is 28.6. The number of carbonyl (C=O) groups excluding carboxylic acids is 1. The first-order valence-corrected chi connectivity index (χ1v) is 16.7. The molecule has 1 N–H and O–H groups in total. The van der Waals surface area contributed by atoms with Gasteiger partial charge in [0.05, 0.1) is 38.4 Å². The molecule has 0 bridgehead atoms. The van der Waals surface area contributed by atoms with Crippen LogP contribution in [0.2, 0.25) is 0 Å². The minimum absolute atomic E-state index is 0.0681. The zero-order valence-electron chi connectivity index (χ0n) is 23.9. The van der Waals surface area contributed by atoms with Crippen LogP contribution in [0.1, 0.15) is 80.8 Å². The van der Waals surface area contributed by atoms with Crippen LogP contribution in [0.5, 0.6) is 5.75 Å². The highest BCUT2D eigenvalue weighted by Gasteiger charge is 2.37. The van der Waals surface area contributed by atoms with Gasteiger partial charge in [-0.15, -0.1) is 11.3 Å². The molecule has 0 saturated heterocycles. The molecular weight excluding hydrogens is 540 g/mol. The lowest BCUT2D eigenvalue weighted by molar-refractivity contribution is 0.0981. The third-order valence-electron chi connectivity index (χ3n) is 7.94. The standard InChI is InChI=1S/C32H38N2O4S2/c1-6-10-22(11-7-2)21(5)38-27-17-14-19(3)30-29(27)25(32(35)34-40(36,37)23-15-16-23)18-26(33-30)31-20(4)24-12-8-9-13-28(24)39-31/h8-9,12-14,17-18,21-23H,6-7,10-11,15-16H2,1-5H3,(H,34,35)/t21-/m1/s1. The average Bonchev–Trinajstić information content (AvgIpc) is 3.74. The Morgan fingerprint density at radius 1 is 1.10 bits per heavy atom. The van der Waals surface area contributed by atoms with Gasteiger partial charge in [-0.05, 0) is 87.1 Å². The van der Waals surface area contributed by atoms with Crippen LogP contribution in [0, 0.1) is 19.8 Å². The van der Waals surface area contributed by atoms with Gasteiger partial charge in [-0.1, -0.05) is 51.0 Å². The van der Waals surface area contributed by atoms with Gasteiger partial charge in [0, 0.05) is 4.70 Å². The van der Waals surface area contributed by atoms with E-state index in [1.165, 1.54) is 0 Å². The summed E-state index contributed by atoms with van der Waals surface area (Å²) in [6.45, 7) is 10.5. The topological polar surface area (TPSA) is 85.4 Å². The molecule has 0 aliphatic heterocycles. The van der Waals surface area contributed by atoms with Crippen molar-refractivity contribution < 1.29 is 17.9 Å². The summed E-state index contributed by atoms with van der Waals surface area (Å²) in [7, 11) is -3.74. The zero-order valence-corrected chi connectivity index (χ0v) is 25.5. The first-order valence-electron chi connectivity index (χ1n) is 14.3. The summed E-state index contributed by atoms with van der Waals surface area (Å²) < 4.78 is 35.7. The number of nitrogens with zero attached hydrogens (tertiary/aromatic N) is 1. The minimum atomic E-state index is -3.74. The van der Waals surface area contributed by atoms with E-state index < -0.39 is 21.2 Å². The van der Waals surface area contributed by atoms with Crippen molar-refractivity contribution in [2.24, 2.45) is 5.92 Å². The number of aryl methyl sites for hydroxylation is 2. The van der Waals surface area contributed by atoms with Crippen molar-refractivity contribution in [3.63, 3.8) is 0 Å². The van der Waals surface area contributed by atoms with E-state index in [1.807, 2.05) is 31.2 Å². The maximum Gasteiger partial charge on any atom is 0.265 e. The molecule has 1 amide bonds. The number of benzene rings is 2. The Kier molecular flexibility index (Phi) is 8.20. The highest BCUT2D eigenvalue weighted by molar-refractivity contribution is 7.91. The lowest BCUT2D eigenvalue weighted by Gasteiger charge is -2.26. The van der Waals surface area contributed by atoms with E-state index >= 15 is 0 Å². The predicted molar refractivity (Wildman–Crippen MR) is 165 cm³/mol. The summed E-state index contributed by atoms with van der Waals surface area (Å²) in [5.41, 5.74) is 3.56. The number of pyridine rings is 1. The number of aromatic nitrogens is 1. The van der Waals surface area contributed by atoms with Crippen LogP contribution in [-0.4, -0.2) is 30.7 Å². The van der Waals surface area contributed by atoms with Crippen molar-refractivity contribution in [2.75, 3.05) is 0 Å². The molecule has 1 fully saturated rings. The molecule has 4 aromatic rings. The molecule has 1 atom stereocenters. The van der Waals surface area contributed by atoms with Gasteiger partial charge < -0.3 is 4.74 Å². The number of ether oxygens (including phenoxy) is 1. The number of nitrogens with one attached hydrogen (secondary N) is 1. The van der Waals surface area contributed by atoms with Crippen molar-refractivity contribution in [3.05, 3.63) is 59.2 Å². The SMILES string of the molecule is CCCC(CCC)[C@@H](C)Oc1ccc(C)c2nc(-c3sc4ccccc4c3C)cc(C(=O)NS(=O)(=O)C3CC3)c12. The molecule has 6 nitrogen and oxygen atoms in total. The molecule has 5 rings (SSSR count).